The standard InChI is InChI=1S/C18H22N2O3S2/c1-3-20(4-2)25(22,23)17-12-8-9-15(13-17)19-18(21)14-24-16-10-6-5-7-11-16/h5-13H,3-4,14H2,1-2H3,(H,19,21). The minimum Gasteiger partial charge on any atom is -0.325 e. The summed E-state index contributed by atoms with van der Waals surface area (Å²) >= 11 is 1.43. The van der Waals surface area contributed by atoms with Crippen LogP contribution in [0.15, 0.2) is 64.4 Å². The molecule has 2 aromatic rings. The molecule has 7 heteroatoms. The summed E-state index contributed by atoms with van der Waals surface area (Å²) in [4.78, 5) is 13.3. The van der Waals surface area contributed by atoms with E-state index in [1.807, 2.05) is 30.3 Å². The maximum absolute atomic E-state index is 12.6. The highest BCUT2D eigenvalue weighted by Gasteiger charge is 2.21. The van der Waals surface area contributed by atoms with Gasteiger partial charge in [-0.1, -0.05) is 38.1 Å². The number of sulfonamides is 1. The van der Waals surface area contributed by atoms with Gasteiger partial charge in [-0.3, -0.25) is 4.79 Å². The summed E-state index contributed by atoms with van der Waals surface area (Å²) in [7, 11) is -3.54. The largest absolute Gasteiger partial charge is 0.325 e. The number of amides is 1. The van der Waals surface area contributed by atoms with Crippen molar-refractivity contribution in [3.8, 4) is 0 Å². The summed E-state index contributed by atoms with van der Waals surface area (Å²) < 4.78 is 26.5. The predicted octanol–water partition coefficient (Wildman–Crippen LogP) is 3.45. The summed E-state index contributed by atoms with van der Waals surface area (Å²) in [6.07, 6.45) is 0. The van der Waals surface area contributed by atoms with Crippen molar-refractivity contribution in [3.05, 3.63) is 54.6 Å². The summed E-state index contributed by atoms with van der Waals surface area (Å²) in [6.45, 7) is 4.41. The van der Waals surface area contributed by atoms with E-state index < -0.39 is 10.0 Å². The molecule has 0 saturated carbocycles. The highest BCUT2D eigenvalue weighted by atomic mass is 32.2. The smallest absolute Gasteiger partial charge is 0.243 e. The van der Waals surface area contributed by atoms with Crippen LogP contribution in [0.1, 0.15) is 13.8 Å². The van der Waals surface area contributed by atoms with E-state index >= 15 is 0 Å². The first-order chi connectivity index (χ1) is 12.0. The molecule has 0 aliphatic carbocycles. The third kappa shape index (κ3) is 5.32. The van der Waals surface area contributed by atoms with Crippen molar-refractivity contribution in [2.24, 2.45) is 0 Å². The Morgan fingerprint density at radius 1 is 1.04 bits per heavy atom. The topological polar surface area (TPSA) is 66.5 Å². The highest BCUT2D eigenvalue weighted by molar-refractivity contribution is 8.00. The molecule has 0 spiro atoms. The summed E-state index contributed by atoms with van der Waals surface area (Å²) in [5.41, 5.74) is 0.479. The van der Waals surface area contributed by atoms with Gasteiger partial charge in [0.25, 0.3) is 0 Å². The molecule has 25 heavy (non-hydrogen) atoms. The average molecular weight is 379 g/mol. The van der Waals surface area contributed by atoms with E-state index in [9.17, 15) is 13.2 Å². The second-order valence-electron chi connectivity index (χ2n) is 5.27. The number of hydrogen-bond acceptors (Lipinski definition) is 4. The Morgan fingerprint density at radius 2 is 1.72 bits per heavy atom. The Morgan fingerprint density at radius 3 is 2.36 bits per heavy atom. The number of nitrogens with zero attached hydrogens (tertiary/aromatic N) is 1. The fraction of sp³-hybridized carbons (Fsp3) is 0.278. The summed E-state index contributed by atoms with van der Waals surface area (Å²) in [5.74, 6) is 0.0862. The Balaban J connectivity index is 2.05. The van der Waals surface area contributed by atoms with Crippen LogP contribution in [0.25, 0.3) is 0 Å². The first-order valence-corrected chi connectivity index (χ1v) is 10.5. The minimum atomic E-state index is -3.54. The molecule has 0 atom stereocenters. The molecule has 1 amide bonds. The normalized spacial score (nSPS) is 11.5. The van der Waals surface area contributed by atoms with Crippen LogP contribution in [0.2, 0.25) is 0 Å². The van der Waals surface area contributed by atoms with Crippen LogP contribution < -0.4 is 5.32 Å². The number of carbonyl (C=O) groups excluding carboxylic acids is 1. The van der Waals surface area contributed by atoms with E-state index in [-0.39, 0.29) is 16.6 Å². The van der Waals surface area contributed by atoms with Crippen LogP contribution in [0, 0.1) is 0 Å². The van der Waals surface area contributed by atoms with Crippen LogP contribution in [0.4, 0.5) is 5.69 Å². The molecule has 2 aromatic carbocycles. The van der Waals surface area contributed by atoms with Crippen molar-refractivity contribution in [2.75, 3.05) is 24.2 Å². The maximum atomic E-state index is 12.6. The lowest BCUT2D eigenvalue weighted by molar-refractivity contribution is -0.113. The van der Waals surface area contributed by atoms with Gasteiger partial charge in [-0.2, -0.15) is 4.31 Å². The number of thioether (sulfide) groups is 1. The minimum absolute atomic E-state index is 0.175. The fourth-order valence-electron chi connectivity index (χ4n) is 2.31. The molecule has 5 nitrogen and oxygen atoms in total. The highest BCUT2D eigenvalue weighted by Crippen LogP contribution is 2.21. The molecule has 2 rings (SSSR count). The first-order valence-electron chi connectivity index (χ1n) is 8.05. The van der Waals surface area contributed by atoms with E-state index in [1.165, 1.54) is 22.1 Å². The Labute approximate surface area is 153 Å². The number of benzene rings is 2. The molecule has 0 fully saturated rings. The lowest BCUT2D eigenvalue weighted by Crippen LogP contribution is -2.30. The lowest BCUT2D eigenvalue weighted by atomic mass is 10.3. The molecule has 0 aliphatic rings. The number of anilines is 1. The van der Waals surface area contributed by atoms with Crippen LogP contribution in [0.5, 0.6) is 0 Å². The zero-order valence-corrected chi connectivity index (χ0v) is 15.9. The van der Waals surface area contributed by atoms with Crippen molar-refractivity contribution in [1.29, 1.82) is 0 Å². The van der Waals surface area contributed by atoms with Gasteiger partial charge >= 0.3 is 0 Å². The molecular formula is C18H22N2O3S2. The van der Waals surface area contributed by atoms with Gasteiger partial charge in [0, 0.05) is 23.7 Å². The number of hydrogen-bond donors (Lipinski definition) is 1. The monoisotopic (exact) mass is 378 g/mol. The van der Waals surface area contributed by atoms with Crippen LogP contribution in [-0.4, -0.2) is 37.5 Å². The zero-order chi connectivity index (χ0) is 18.3. The van der Waals surface area contributed by atoms with E-state index in [0.717, 1.165) is 4.90 Å². The molecule has 0 radical (unpaired) electrons. The van der Waals surface area contributed by atoms with Crippen LogP contribution in [-0.2, 0) is 14.8 Å². The first kappa shape index (κ1) is 19.5. The van der Waals surface area contributed by atoms with Crippen molar-refractivity contribution in [2.45, 2.75) is 23.6 Å². The van der Waals surface area contributed by atoms with Crippen molar-refractivity contribution < 1.29 is 13.2 Å². The van der Waals surface area contributed by atoms with E-state index in [1.54, 1.807) is 32.0 Å². The molecule has 0 aromatic heterocycles. The number of rotatable bonds is 8. The lowest BCUT2D eigenvalue weighted by Gasteiger charge is -2.18. The van der Waals surface area contributed by atoms with Crippen molar-refractivity contribution in [3.63, 3.8) is 0 Å². The van der Waals surface area contributed by atoms with Crippen LogP contribution >= 0.6 is 11.8 Å². The van der Waals surface area contributed by atoms with Gasteiger partial charge in [-0.05, 0) is 30.3 Å². The van der Waals surface area contributed by atoms with Gasteiger partial charge in [0.05, 0.1) is 10.6 Å². The molecule has 0 saturated heterocycles. The maximum Gasteiger partial charge on any atom is 0.243 e. The van der Waals surface area contributed by atoms with E-state index in [0.29, 0.717) is 18.8 Å². The number of carbonyl (C=O) groups is 1. The van der Waals surface area contributed by atoms with Gasteiger partial charge < -0.3 is 5.32 Å². The average Bonchev–Trinajstić information content (AvgIpc) is 2.62. The predicted molar refractivity (Wildman–Crippen MR) is 102 cm³/mol. The van der Waals surface area contributed by atoms with E-state index in [4.69, 9.17) is 0 Å². The Kier molecular flexibility index (Phi) is 7.04. The van der Waals surface area contributed by atoms with Gasteiger partial charge in [0.1, 0.15) is 0 Å². The third-order valence-corrected chi connectivity index (χ3v) is 6.63. The van der Waals surface area contributed by atoms with Gasteiger partial charge in [0.2, 0.25) is 15.9 Å². The van der Waals surface area contributed by atoms with Gasteiger partial charge in [-0.15, -0.1) is 11.8 Å². The molecule has 0 heterocycles. The molecule has 134 valence electrons. The molecule has 0 bridgehead atoms. The zero-order valence-electron chi connectivity index (χ0n) is 14.3. The third-order valence-electron chi connectivity index (χ3n) is 3.57. The van der Waals surface area contributed by atoms with Gasteiger partial charge in [-0.25, -0.2) is 8.42 Å². The van der Waals surface area contributed by atoms with Crippen molar-refractivity contribution in [1.82, 2.24) is 4.31 Å². The summed E-state index contributed by atoms with van der Waals surface area (Å²) in [5, 5.41) is 2.76. The SMILES string of the molecule is CCN(CC)S(=O)(=O)c1cccc(NC(=O)CSc2ccccc2)c1. The van der Waals surface area contributed by atoms with Crippen LogP contribution in [0.3, 0.4) is 0 Å². The second kappa shape index (κ2) is 9.03. The molecule has 1 N–H and O–H groups in total. The second-order valence-corrected chi connectivity index (χ2v) is 8.25. The summed E-state index contributed by atoms with van der Waals surface area (Å²) in [6, 6.07) is 16.0. The fourth-order valence-corrected chi connectivity index (χ4v) is 4.53. The molecule has 0 aliphatic heterocycles. The van der Waals surface area contributed by atoms with Gasteiger partial charge in [0.15, 0.2) is 0 Å². The van der Waals surface area contributed by atoms with E-state index in [2.05, 4.69) is 5.32 Å². The quantitative estimate of drug-likeness (QED) is 0.715. The van der Waals surface area contributed by atoms with Crippen molar-refractivity contribution >= 4 is 33.4 Å². The number of nitrogens with one attached hydrogen (secondary N) is 1. The Bertz CT molecular complexity index is 804. The Hall–Kier alpha value is -1.83. The molecular weight excluding hydrogens is 356 g/mol. The molecule has 0 unspecified atom stereocenters.